The van der Waals surface area contributed by atoms with Gasteiger partial charge in [0.2, 0.25) is 0 Å². The zero-order chi connectivity index (χ0) is 44.4. The number of rotatable bonds is 12. The molecule has 2 aromatic heterocycles. The Bertz CT molecular complexity index is 1970. The summed E-state index contributed by atoms with van der Waals surface area (Å²) in [5.41, 5.74) is -4.94. The highest BCUT2D eigenvalue weighted by molar-refractivity contribution is 6.74. The second-order valence-corrected chi connectivity index (χ2v) is 27.9. The summed E-state index contributed by atoms with van der Waals surface area (Å²) in [5, 5.41) is 19.8. The SMILES string of the molecule is CC(=O)OCC1(COC(C)=O)OC(n2ccc(=O)[nH]c2=O)C(C)C1O[Si](C)(C)C(C)(C)C.CC1C(n2ccc(=O)[nH]c2=O)OC(CO)(CO)C1O[Si](C)(C)C(C)(C)C. The predicted molar refractivity (Wildman–Crippen MR) is 218 cm³/mol. The van der Waals surface area contributed by atoms with Crippen molar-refractivity contribution in [3.8, 4) is 0 Å². The fourth-order valence-corrected chi connectivity index (χ4v) is 9.24. The average Bonchev–Trinajstić information content (AvgIpc) is 3.51. The fraction of sp³-hybridized carbons (Fsp3) is 0.737. The van der Waals surface area contributed by atoms with E-state index in [0.29, 0.717) is 0 Å². The van der Waals surface area contributed by atoms with Crippen LogP contribution in [0.4, 0.5) is 0 Å². The lowest BCUT2D eigenvalue weighted by Gasteiger charge is -2.43. The second-order valence-electron chi connectivity index (χ2n) is 18.4. The van der Waals surface area contributed by atoms with Crippen molar-refractivity contribution in [1.29, 1.82) is 0 Å². The molecule has 2 aliphatic rings. The molecule has 2 aliphatic heterocycles. The van der Waals surface area contributed by atoms with Gasteiger partial charge in [-0.2, -0.15) is 0 Å². The van der Waals surface area contributed by atoms with E-state index >= 15 is 0 Å². The minimum Gasteiger partial charge on any atom is -0.463 e. The van der Waals surface area contributed by atoms with Gasteiger partial charge in [0.15, 0.2) is 22.2 Å². The molecule has 6 unspecified atom stereocenters. The molecule has 4 heterocycles. The first-order valence-electron chi connectivity index (χ1n) is 19.3. The second kappa shape index (κ2) is 18.0. The molecular weight excluding hydrogens is 793 g/mol. The van der Waals surface area contributed by atoms with Crippen molar-refractivity contribution in [3.63, 3.8) is 0 Å². The third-order valence-corrected chi connectivity index (χ3v) is 20.8. The van der Waals surface area contributed by atoms with Crippen molar-refractivity contribution in [2.45, 2.75) is 141 Å². The molecule has 0 aliphatic carbocycles. The molecular formula is C38H64N4O14Si2. The van der Waals surface area contributed by atoms with Gasteiger partial charge in [0.05, 0.1) is 25.4 Å². The van der Waals surface area contributed by atoms with E-state index in [2.05, 4.69) is 77.7 Å². The highest BCUT2D eigenvalue weighted by atomic mass is 28.4. The van der Waals surface area contributed by atoms with Gasteiger partial charge in [-0.1, -0.05) is 55.4 Å². The van der Waals surface area contributed by atoms with Gasteiger partial charge in [0.1, 0.15) is 31.3 Å². The van der Waals surface area contributed by atoms with Crippen LogP contribution in [0, 0.1) is 11.8 Å². The van der Waals surface area contributed by atoms with Gasteiger partial charge < -0.3 is 38.0 Å². The summed E-state index contributed by atoms with van der Waals surface area (Å²) < 4.78 is 38.7. The van der Waals surface area contributed by atoms with Gasteiger partial charge in [-0.15, -0.1) is 0 Å². The first-order valence-corrected chi connectivity index (χ1v) is 25.1. The first kappa shape index (κ1) is 48.9. The van der Waals surface area contributed by atoms with E-state index in [1.807, 2.05) is 13.8 Å². The number of esters is 2. The Morgan fingerprint density at radius 1 is 0.690 bits per heavy atom. The number of aromatic nitrogens is 4. The molecule has 4 N–H and O–H groups in total. The maximum absolute atomic E-state index is 12.5. The Hall–Kier alpha value is -3.51. The molecule has 20 heteroatoms. The van der Waals surface area contributed by atoms with Gasteiger partial charge in [-0.05, 0) is 36.3 Å². The lowest BCUT2D eigenvalue weighted by molar-refractivity contribution is -0.183. The maximum atomic E-state index is 12.5. The van der Waals surface area contributed by atoms with Crippen molar-refractivity contribution in [2.75, 3.05) is 26.4 Å². The topological polar surface area (TPSA) is 240 Å². The fourth-order valence-electron chi connectivity index (χ4n) is 6.41. The quantitative estimate of drug-likeness (QED) is 0.177. The molecule has 0 radical (unpaired) electrons. The summed E-state index contributed by atoms with van der Waals surface area (Å²) in [6.45, 7) is 25.8. The Morgan fingerprint density at radius 3 is 1.31 bits per heavy atom. The van der Waals surface area contributed by atoms with E-state index in [1.54, 1.807) is 0 Å². The van der Waals surface area contributed by atoms with Crippen molar-refractivity contribution in [2.24, 2.45) is 11.8 Å². The smallest absolute Gasteiger partial charge is 0.330 e. The van der Waals surface area contributed by atoms with Crippen LogP contribution in [0.2, 0.25) is 36.3 Å². The Balaban J connectivity index is 0.000000317. The number of hydrogen-bond acceptors (Lipinski definition) is 14. The first-order chi connectivity index (χ1) is 26.5. The average molecular weight is 857 g/mol. The van der Waals surface area contributed by atoms with E-state index in [-0.39, 0.29) is 29.2 Å². The number of aliphatic hydroxyl groups is 2. The molecule has 0 saturated carbocycles. The number of nitrogens with one attached hydrogen (secondary N) is 2. The molecule has 0 spiro atoms. The Labute approximate surface area is 340 Å². The van der Waals surface area contributed by atoms with E-state index in [4.69, 9.17) is 27.8 Å². The van der Waals surface area contributed by atoms with E-state index in [1.165, 1.54) is 47.5 Å². The molecule has 2 saturated heterocycles. The summed E-state index contributed by atoms with van der Waals surface area (Å²) in [6.07, 6.45) is -0.169. The summed E-state index contributed by atoms with van der Waals surface area (Å²) in [6, 6.07) is 2.46. The van der Waals surface area contributed by atoms with Crippen LogP contribution in [0.3, 0.4) is 0 Å². The molecule has 0 aromatic carbocycles. The zero-order valence-corrected chi connectivity index (χ0v) is 38.3. The molecule has 2 aromatic rings. The van der Waals surface area contributed by atoms with Crippen LogP contribution in [0.5, 0.6) is 0 Å². The summed E-state index contributed by atoms with van der Waals surface area (Å²) in [4.78, 5) is 75.3. The number of carbonyl (C=O) groups is 2. The number of aliphatic hydroxyl groups excluding tert-OH is 2. The summed E-state index contributed by atoms with van der Waals surface area (Å²) in [5.74, 6) is -1.79. The molecule has 328 valence electrons. The van der Waals surface area contributed by atoms with Crippen LogP contribution in [0.25, 0.3) is 0 Å². The number of aromatic amines is 2. The van der Waals surface area contributed by atoms with Crippen LogP contribution in [-0.2, 0) is 37.4 Å². The van der Waals surface area contributed by atoms with Crippen LogP contribution >= 0.6 is 0 Å². The molecule has 0 amide bonds. The van der Waals surface area contributed by atoms with Gasteiger partial charge in [-0.25, -0.2) is 9.59 Å². The van der Waals surface area contributed by atoms with E-state index < -0.39 is 106 Å². The van der Waals surface area contributed by atoms with Gasteiger partial charge in [0, 0.05) is 50.2 Å². The number of carbonyl (C=O) groups excluding carboxylic acids is 2. The molecule has 6 atom stereocenters. The van der Waals surface area contributed by atoms with Crippen LogP contribution in [0.15, 0.2) is 43.7 Å². The molecule has 4 rings (SSSR count). The minimum absolute atomic E-state index is 0.0731. The largest absolute Gasteiger partial charge is 0.463 e. The maximum Gasteiger partial charge on any atom is 0.330 e. The predicted octanol–water partition coefficient (Wildman–Crippen LogP) is 2.77. The number of ether oxygens (including phenoxy) is 4. The molecule has 0 bridgehead atoms. The number of hydrogen-bond donors (Lipinski definition) is 4. The van der Waals surface area contributed by atoms with E-state index in [9.17, 15) is 39.0 Å². The third kappa shape index (κ3) is 10.6. The zero-order valence-electron chi connectivity index (χ0n) is 36.3. The Kier molecular flexibility index (Phi) is 15.2. The van der Waals surface area contributed by atoms with Gasteiger partial charge in [0.25, 0.3) is 11.1 Å². The van der Waals surface area contributed by atoms with Crippen LogP contribution in [0.1, 0.15) is 81.7 Å². The van der Waals surface area contributed by atoms with Crippen molar-refractivity contribution < 1.29 is 47.6 Å². The normalized spacial score (nSPS) is 24.5. The minimum atomic E-state index is -2.37. The van der Waals surface area contributed by atoms with Crippen LogP contribution in [-0.4, -0.2) is 108 Å². The highest BCUT2D eigenvalue weighted by Crippen LogP contribution is 2.49. The van der Waals surface area contributed by atoms with Crippen molar-refractivity contribution >= 4 is 28.6 Å². The highest BCUT2D eigenvalue weighted by Gasteiger charge is 2.60. The monoisotopic (exact) mass is 856 g/mol. The van der Waals surface area contributed by atoms with Crippen molar-refractivity contribution in [3.05, 3.63) is 66.2 Å². The Morgan fingerprint density at radius 2 is 1.02 bits per heavy atom. The lowest BCUT2D eigenvalue weighted by Crippen LogP contribution is -2.56. The lowest BCUT2D eigenvalue weighted by atomic mass is 9.91. The van der Waals surface area contributed by atoms with Crippen LogP contribution < -0.4 is 22.5 Å². The molecule has 18 nitrogen and oxygen atoms in total. The standard InChI is InChI=1S/C21H34N2O8Si.C17H30N2O6Si/c1-13-17(31-32(7,8)20(4,5)6)21(11-28-14(2)24,12-29-15(3)25)30-18(13)23-10-9-16(26)22-19(23)27;1-11-13(25-26(5,6)16(2,3)4)17(9-20,10-21)24-14(11)19-8-7-12(22)18-15(19)23/h9-10,13,17-18H,11-12H2,1-8H3,(H,22,26,27);7-8,11,13-14,20-21H,9-10H2,1-6H3,(H,18,22,23). The van der Waals surface area contributed by atoms with Crippen molar-refractivity contribution in [1.82, 2.24) is 19.1 Å². The number of H-pyrrole nitrogens is 2. The third-order valence-electron chi connectivity index (χ3n) is 11.9. The van der Waals surface area contributed by atoms with Gasteiger partial charge >= 0.3 is 23.3 Å². The molecule has 2 fully saturated rings. The summed E-state index contributed by atoms with van der Waals surface area (Å²) >= 11 is 0. The number of nitrogens with zero attached hydrogens (tertiary/aromatic N) is 2. The summed E-state index contributed by atoms with van der Waals surface area (Å²) in [7, 11) is -4.61. The van der Waals surface area contributed by atoms with E-state index in [0.717, 1.165) is 0 Å². The van der Waals surface area contributed by atoms with Gasteiger partial charge in [-0.3, -0.25) is 38.3 Å². The molecule has 58 heavy (non-hydrogen) atoms.